The van der Waals surface area contributed by atoms with Crippen LogP contribution in [0.2, 0.25) is 10.3 Å². The molecule has 1 atom stereocenters. The Balaban J connectivity index is 2.71. The fraction of sp³-hybridized carbons (Fsp3) is 0.400. The van der Waals surface area contributed by atoms with E-state index in [1.807, 2.05) is 0 Å². The average molecular weight is 301 g/mol. The number of hydrogen-bond donors (Lipinski definition) is 1. The highest BCUT2D eigenvalue weighted by Crippen LogP contribution is 2.22. The minimum Gasteiger partial charge on any atom is -0.349 e. The SMILES string of the molecule is CC(CC(F)(F)F)NC(=O)c1ccc(Cl)nc1Cl. The normalized spacial score (nSPS) is 13.2. The molecule has 0 aliphatic rings. The molecular weight excluding hydrogens is 292 g/mol. The van der Waals surface area contributed by atoms with Crippen LogP contribution in [0.15, 0.2) is 12.1 Å². The Bertz CT molecular complexity index is 451. The van der Waals surface area contributed by atoms with E-state index in [1.165, 1.54) is 19.1 Å². The standard InChI is InChI=1S/C10H9Cl2F3N2O/c1-5(4-10(13,14)15)16-9(18)6-2-3-7(11)17-8(6)12/h2-3,5H,4H2,1H3,(H,16,18). The van der Waals surface area contributed by atoms with Crippen LogP contribution in [0.1, 0.15) is 23.7 Å². The van der Waals surface area contributed by atoms with Gasteiger partial charge in [-0.3, -0.25) is 4.79 Å². The summed E-state index contributed by atoms with van der Waals surface area (Å²) in [4.78, 5) is 15.3. The second-order valence-corrected chi connectivity index (χ2v) is 4.41. The molecule has 0 aromatic carbocycles. The van der Waals surface area contributed by atoms with Gasteiger partial charge in [0.25, 0.3) is 5.91 Å². The third kappa shape index (κ3) is 4.70. The van der Waals surface area contributed by atoms with Gasteiger partial charge in [0.15, 0.2) is 0 Å². The lowest BCUT2D eigenvalue weighted by molar-refractivity contribution is -0.138. The first-order valence-corrected chi connectivity index (χ1v) is 5.64. The van der Waals surface area contributed by atoms with Crippen LogP contribution >= 0.6 is 23.2 Å². The molecule has 100 valence electrons. The summed E-state index contributed by atoms with van der Waals surface area (Å²) in [5, 5.41) is 2.13. The van der Waals surface area contributed by atoms with Gasteiger partial charge in [-0.1, -0.05) is 23.2 Å². The van der Waals surface area contributed by atoms with Gasteiger partial charge in [0.2, 0.25) is 0 Å². The molecule has 0 radical (unpaired) electrons. The van der Waals surface area contributed by atoms with E-state index in [2.05, 4.69) is 10.3 Å². The molecule has 3 nitrogen and oxygen atoms in total. The molecule has 0 aliphatic heterocycles. The summed E-state index contributed by atoms with van der Waals surface area (Å²) in [6, 6.07) is 1.58. The zero-order valence-corrected chi connectivity index (χ0v) is 10.7. The third-order valence-corrected chi connectivity index (χ3v) is 2.47. The Morgan fingerprint density at radius 3 is 2.56 bits per heavy atom. The molecule has 1 amide bonds. The van der Waals surface area contributed by atoms with Crippen molar-refractivity contribution in [2.24, 2.45) is 0 Å². The van der Waals surface area contributed by atoms with Crippen molar-refractivity contribution in [2.45, 2.75) is 25.6 Å². The summed E-state index contributed by atoms with van der Waals surface area (Å²) >= 11 is 11.2. The molecule has 0 aliphatic carbocycles. The lowest BCUT2D eigenvalue weighted by Gasteiger charge is -2.16. The zero-order valence-electron chi connectivity index (χ0n) is 9.18. The Labute approximate surface area is 111 Å². The van der Waals surface area contributed by atoms with Gasteiger partial charge in [-0.15, -0.1) is 0 Å². The van der Waals surface area contributed by atoms with Gasteiger partial charge in [-0.2, -0.15) is 13.2 Å². The van der Waals surface area contributed by atoms with Gasteiger partial charge in [-0.25, -0.2) is 4.98 Å². The van der Waals surface area contributed by atoms with Crippen molar-refractivity contribution in [1.29, 1.82) is 0 Å². The molecule has 1 heterocycles. The van der Waals surface area contributed by atoms with E-state index in [0.717, 1.165) is 0 Å². The molecular formula is C10H9Cl2F3N2O. The molecule has 1 unspecified atom stereocenters. The summed E-state index contributed by atoms with van der Waals surface area (Å²) in [7, 11) is 0. The van der Waals surface area contributed by atoms with Crippen LogP contribution in [0.25, 0.3) is 0 Å². The molecule has 1 rings (SSSR count). The molecule has 0 saturated carbocycles. The Hall–Kier alpha value is -1.01. The zero-order chi connectivity index (χ0) is 13.9. The highest BCUT2D eigenvalue weighted by atomic mass is 35.5. The molecule has 1 aromatic heterocycles. The van der Waals surface area contributed by atoms with Crippen molar-refractivity contribution >= 4 is 29.1 Å². The summed E-state index contributed by atoms with van der Waals surface area (Å²) in [5.74, 6) is -0.721. The largest absolute Gasteiger partial charge is 0.391 e. The first-order chi connectivity index (χ1) is 8.19. The average Bonchev–Trinajstić information content (AvgIpc) is 2.13. The summed E-state index contributed by atoms with van der Waals surface area (Å²) in [6.45, 7) is 1.25. The first kappa shape index (κ1) is 15.0. The summed E-state index contributed by atoms with van der Waals surface area (Å²) in [5.41, 5.74) is -0.0184. The molecule has 18 heavy (non-hydrogen) atoms. The van der Waals surface area contributed by atoms with Crippen LogP contribution in [0.3, 0.4) is 0 Å². The number of hydrogen-bond acceptors (Lipinski definition) is 2. The smallest absolute Gasteiger partial charge is 0.349 e. The Morgan fingerprint density at radius 2 is 2.06 bits per heavy atom. The Morgan fingerprint density at radius 1 is 1.44 bits per heavy atom. The van der Waals surface area contributed by atoms with Gasteiger partial charge in [0.05, 0.1) is 12.0 Å². The molecule has 0 spiro atoms. The number of nitrogens with zero attached hydrogens (tertiary/aromatic N) is 1. The van der Waals surface area contributed by atoms with Gasteiger partial charge < -0.3 is 5.32 Å². The van der Waals surface area contributed by atoms with Crippen LogP contribution < -0.4 is 5.32 Å². The summed E-state index contributed by atoms with van der Waals surface area (Å²) in [6.07, 6.45) is -5.45. The summed E-state index contributed by atoms with van der Waals surface area (Å²) < 4.78 is 36.3. The van der Waals surface area contributed by atoms with Gasteiger partial charge in [0.1, 0.15) is 10.3 Å². The van der Waals surface area contributed by atoms with Crippen molar-refractivity contribution in [1.82, 2.24) is 10.3 Å². The minimum absolute atomic E-state index is 0.0184. The first-order valence-electron chi connectivity index (χ1n) is 4.88. The third-order valence-electron chi connectivity index (χ3n) is 1.97. The lowest BCUT2D eigenvalue weighted by Crippen LogP contribution is -2.36. The number of alkyl halides is 3. The maximum atomic E-state index is 12.1. The van der Waals surface area contributed by atoms with Crippen molar-refractivity contribution in [3.05, 3.63) is 28.0 Å². The van der Waals surface area contributed by atoms with Crippen molar-refractivity contribution in [2.75, 3.05) is 0 Å². The monoisotopic (exact) mass is 300 g/mol. The minimum atomic E-state index is -4.34. The second-order valence-electron chi connectivity index (χ2n) is 3.67. The van der Waals surface area contributed by atoms with E-state index in [1.54, 1.807) is 0 Å². The molecule has 1 aromatic rings. The van der Waals surface area contributed by atoms with E-state index in [-0.39, 0.29) is 15.9 Å². The van der Waals surface area contributed by atoms with Crippen molar-refractivity contribution in [3.63, 3.8) is 0 Å². The quantitative estimate of drug-likeness (QED) is 0.869. The van der Waals surface area contributed by atoms with Crippen molar-refractivity contribution < 1.29 is 18.0 Å². The number of nitrogens with one attached hydrogen (secondary N) is 1. The predicted molar refractivity (Wildman–Crippen MR) is 61.9 cm³/mol. The number of halogens is 5. The lowest BCUT2D eigenvalue weighted by atomic mass is 10.2. The van der Waals surface area contributed by atoms with E-state index in [9.17, 15) is 18.0 Å². The topological polar surface area (TPSA) is 42.0 Å². The number of rotatable bonds is 3. The van der Waals surface area contributed by atoms with Gasteiger partial charge in [-0.05, 0) is 19.1 Å². The van der Waals surface area contributed by atoms with Crippen LogP contribution in [-0.4, -0.2) is 23.1 Å². The molecule has 0 fully saturated rings. The fourth-order valence-electron chi connectivity index (χ4n) is 1.28. The van der Waals surface area contributed by atoms with Crippen LogP contribution in [0.5, 0.6) is 0 Å². The van der Waals surface area contributed by atoms with E-state index in [4.69, 9.17) is 23.2 Å². The van der Waals surface area contributed by atoms with Crippen LogP contribution in [-0.2, 0) is 0 Å². The highest BCUT2D eigenvalue weighted by Gasteiger charge is 2.30. The Kier molecular flexibility index (Phi) is 4.81. The van der Waals surface area contributed by atoms with Crippen LogP contribution in [0.4, 0.5) is 13.2 Å². The van der Waals surface area contributed by atoms with Gasteiger partial charge in [0, 0.05) is 6.04 Å². The van der Waals surface area contributed by atoms with Crippen molar-refractivity contribution in [3.8, 4) is 0 Å². The number of amides is 1. The fourth-order valence-corrected chi connectivity index (χ4v) is 1.71. The number of pyridine rings is 1. The molecule has 1 N–H and O–H groups in total. The number of aromatic nitrogens is 1. The predicted octanol–water partition coefficient (Wildman–Crippen LogP) is 3.46. The maximum Gasteiger partial charge on any atom is 0.391 e. The number of carbonyl (C=O) groups excluding carboxylic acids is 1. The number of carbonyl (C=O) groups is 1. The van der Waals surface area contributed by atoms with E-state index >= 15 is 0 Å². The molecule has 8 heteroatoms. The highest BCUT2D eigenvalue weighted by molar-refractivity contribution is 6.34. The van der Waals surface area contributed by atoms with E-state index < -0.39 is 24.5 Å². The van der Waals surface area contributed by atoms with Gasteiger partial charge >= 0.3 is 6.18 Å². The second kappa shape index (κ2) is 5.75. The van der Waals surface area contributed by atoms with Crippen LogP contribution in [0, 0.1) is 0 Å². The molecule has 0 saturated heterocycles. The maximum absolute atomic E-state index is 12.1. The molecule has 0 bridgehead atoms. The van der Waals surface area contributed by atoms with E-state index in [0.29, 0.717) is 0 Å².